The minimum Gasteiger partial charge on any atom is -0.495 e. The maximum Gasteiger partial charge on any atom is 0.166 e. The van der Waals surface area contributed by atoms with E-state index in [4.69, 9.17) is 17.0 Å². The molecule has 1 aromatic heterocycles. The SMILES string of the molecule is CNC(=S)NCCSCc1ncccc1OC. The van der Waals surface area contributed by atoms with E-state index in [1.165, 1.54) is 0 Å². The highest BCUT2D eigenvalue weighted by atomic mass is 32.2. The second-order valence-corrected chi connectivity index (χ2v) is 4.72. The summed E-state index contributed by atoms with van der Waals surface area (Å²) in [6.45, 7) is 0.847. The lowest BCUT2D eigenvalue weighted by molar-refractivity contribution is 0.409. The van der Waals surface area contributed by atoms with Gasteiger partial charge in [0, 0.05) is 31.3 Å². The van der Waals surface area contributed by atoms with Crippen molar-refractivity contribution in [3.05, 3.63) is 24.0 Å². The van der Waals surface area contributed by atoms with E-state index < -0.39 is 0 Å². The summed E-state index contributed by atoms with van der Waals surface area (Å²) < 4.78 is 5.24. The summed E-state index contributed by atoms with van der Waals surface area (Å²) in [5.74, 6) is 2.67. The van der Waals surface area contributed by atoms with Crippen molar-refractivity contribution < 1.29 is 4.74 Å². The molecular weight excluding hydrogens is 254 g/mol. The van der Waals surface area contributed by atoms with E-state index in [-0.39, 0.29) is 0 Å². The Balaban J connectivity index is 2.24. The van der Waals surface area contributed by atoms with Gasteiger partial charge in [-0.2, -0.15) is 11.8 Å². The zero-order valence-corrected chi connectivity index (χ0v) is 11.7. The molecule has 0 radical (unpaired) electrons. The van der Waals surface area contributed by atoms with Gasteiger partial charge in [-0.25, -0.2) is 0 Å². The number of ether oxygens (including phenoxy) is 1. The Morgan fingerprint density at radius 3 is 3.12 bits per heavy atom. The number of thioether (sulfide) groups is 1. The van der Waals surface area contributed by atoms with Crippen molar-refractivity contribution in [1.82, 2.24) is 15.6 Å². The molecule has 0 aliphatic heterocycles. The molecule has 0 aliphatic carbocycles. The molecule has 1 rings (SSSR count). The van der Waals surface area contributed by atoms with Gasteiger partial charge < -0.3 is 15.4 Å². The van der Waals surface area contributed by atoms with Crippen LogP contribution in [0.5, 0.6) is 5.75 Å². The molecule has 94 valence electrons. The number of methoxy groups -OCH3 is 1. The number of pyridine rings is 1. The Kier molecular flexibility index (Phi) is 6.73. The van der Waals surface area contributed by atoms with Gasteiger partial charge in [-0.1, -0.05) is 0 Å². The predicted octanol–water partition coefficient (Wildman–Crippen LogP) is 1.42. The van der Waals surface area contributed by atoms with Crippen molar-refractivity contribution >= 4 is 29.1 Å². The van der Waals surface area contributed by atoms with Gasteiger partial charge in [0.1, 0.15) is 5.75 Å². The molecule has 0 saturated heterocycles. The molecule has 0 fully saturated rings. The van der Waals surface area contributed by atoms with Crippen LogP contribution in [0.4, 0.5) is 0 Å². The number of hydrogen-bond acceptors (Lipinski definition) is 4. The smallest absolute Gasteiger partial charge is 0.166 e. The van der Waals surface area contributed by atoms with Crippen LogP contribution >= 0.6 is 24.0 Å². The molecule has 17 heavy (non-hydrogen) atoms. The summed E-state index contributed by atoms with van der Waals surface area (Å²) in [6, 6.07) is 3.80. The van der Waals surface area contributed by atoms with Crippen molar-refractivity contribution in [2.45, 2.75) is 5.75 Å². The molecule has 0 saturated carbocycles. The molecule has 2 N–H and O–H groups in total. The van der Waals surface area contributed by atoms with E-state index >= 15 is 0 Å². The van der Waals surface area contributed by atoms with Gasteiger partial charge in [0.05, 0.1) is 12.8 Å². The Morgan fingerprint density at radius 1 is 1.59 bits per heavy atom. The van der Waals surface area contributed by atoms with Crippen LogP contribution in [0.1, 0.15) is 5.69 Å². The monoisotopic (exact) mass is 271 g/mol. The maximum absolute atomic E-state index is 5.24. The van der Waals surface area contributed by atoms with Crippen LogP contribution in [0.15, 0.2) is 18.3 Å². The first-order chi connectivity index (χ1) is 8.27. The zero-order valence-electron chi connectivity index (χ0n) is 10.0. The van der Waals surface area contributed by atoms with Crippen molar-refractivity contribution in [3.63, 3.8) is 0 Å². The lowest BCUT2D eigenvalue weighted by Crippen LogP contribution is -2.33. The number of nitrogens with zero attached hydrogens (tertiary/aromatic N) is 1. The highest BCUT2D eigenvalue weighted by Gasteiger charge is 2.02. The summed E-state index contributed by atoms with van der Waals surface area (Å²) in [5, 5.41) is 6.65. The summed E-state index contributed by atoms with van der Waals surface area (Å²) in [5.41, 5.74) is 0.983. The van der Waals surface area contributed by atoms with Gasteiger partial charge in [0.15, 0.2) is 5.11 Å². The third-order valence-electron chi connectivity index (χ3n) is 2.07. The lowest BCUT2D eigenvalue weighted by Gasteiger charge is -2.08. The number of aromatic nitrogens is 1. The lowest BCUT2D eigenvalue weighted by atomic mass is 10.3. The zero-order chi connectivity index (χ0) is 12.5. The molecule has 0 spiro atoms. The molecule has 1 heterocycles. The quantitative estimate of drug-likeness (QED) is 0.603. The molecule has 4 nitrogen and oxygen atoms in total. The molecule has 1 aromatic rings. The molecule has 0 atom stereocenters. The summed E-state index contributed by atoms with van der Waals surface area (Å²) in [4.78, 5) is 4.29. The van der Waals surface area contributed by atoms with E-state index in [2.05, 4.69) is 15.6 Å². The number of hydrogen-bond donors (Lipinski definition) is 2. The number of rotatable bonds is 6. The third kappa shape index (κ3) is 5.23. The Bertz CT molecular complexity index is 360. The fourth-order valence-electron chi connectivity index (χ4n) is 1.21. The minimum atomic E-state index is 0.681. The summed E-state index contributed by atoms with van der Waals surface area (Å²) in [6.07, 6.45) is 1.78. The topological polar surface area (TPSA) is 46.2 Å². The van der Waals surface area contributed by atoms with Gasteiger partial charge >= 0.3 is 0 Å². The second-order valence-electron chi connectivity index (χ2n) is 3.21. The molecule has 0 amide bonds. The largest absolute Gasteiger partial charge is 0.495 e. The highest BCUT2D eigenvalue weighted by Crippen LogP contribution is 2.19. The van der Waals surface area contributed by atoms with Crippen LogP contribution in [0.3, 0.4) is 0 Å². The minimum absolute atomic E-state index is 0.681. The fraction of sp³-hybridized carbons (Fsp3) is 0.455. The van der Waals surface area contributed by atoms with E-state index in [9.17, 15) is 0 Å². The first kappa shape index (κ1) is 14.1. The van der Waals surface area contributed by atoms with Crippen LogP contribution in [0.2, 0.25) is 0 Å². The van der Waals surface area contributed by atoms with Crippen LogP contribution in [-0.2, 0) is 5.75 Å². The highest BCUT2D eigenvalue weighted by molar-refractivity contribution is 7.98. The normalized spacial score (nSPS) is 9.76. The summed E-state index contributed by atoms with van der Waals surface area (Å²) >= 11 is 6.77. The standard InChI is InChI=1S/C11H17N3OS2/c1-12-11(16)14-6-7-17-8-9-10(15-2)4-3-5-13-9/h3-5H,6-8H2,1-2H3,(H2,12,14,16). The number of nitrogens with one attached hydrogen (secondary N) is 2. The average Bonchev–Trinajstić information content (AvgIpc) is 2.38. The first-order valence-electron chi connectivity index (χ1n) is 5.29. The van der Waals surface area contributed by atoms with Crippen molar-refractivity contribution in [2.24, 2.45) is 0 Å². The molecule has 0 aromatic carbocycles. The maximum atomic E-state index is 5.24. The van der Waals surface area contributed by atoms with Crippen molar-refractivity contribution in [2.75, 3.05) is 26.5 Å². The average molecular weight is 271 g/mol. The Hall–Kier alpha value is -1.01. The molecule has 0 bridgehead atoms. The van der Waals surface area contributed by atoms with E-state index in [0.29, 0.717) is 5.11 Å². The Labute approximate surface area is 112 Å². The summed E-state index contributed by atoms with van der Waals surface area (Å²) in [7, 11) is 3.47. The van der Waals surface area contributed by atoms with Crippen molar-refractivity contribution in [1.29, 1.82) is 0 Å². The van der Waals surface area contributed by atoms with Crippen LogP contribution in [0, 0.1) is 0 Å². The second kappa shape index (κ2) is 8.14. The molecule has 6 heteroatoms. The third-order valence-corrected chi connectivity index (χ3v) is 3.38. The van der Waals surface area contributed by atoms with E-state index in [1.807, 2.05) is 12.1 Å². The van der Waals surface area contributed by atoms with E-state index in [0.717, 1.165) is 29.5 Å². The van der Waals surface area contributed by atoms with Crippen molar-refractivity contribution in [3.8, 4) is 5.75 Å². The first-order valence-corrected chi connectivity index (χ1v) is 6.85. The van der Waals surface area contributed by atoms with Crippen LogP contribution in [-0.4, -0.2) is 36.6 Å². The van der Waals surface area contributed by atoms with Gasteiger partial charge in [0.25, 0.3) is 0 Å². The van der Waals surface area contributed by atoms with Crippen LogP contribution in [0.25, 0.3) is 0 Å². The van der Waals surface area contributed by atoms with Crippen LogP contribution < -0.4 is 15.4 Å². The van der Waals surface area contributed by atoms with Gasteiger partial charge in [-0.05, 0) is 24.4 Å². The molecular formula is C11H17N3OS2. The molecule has 0 unspecified atom stereocenters. The Morgan fingerprint density at radius 2 is 2.41 bits per heavy atom. The van der Waals surface area contributed by atoms with Gasteiger partial charge in [-0.3, -0.25) is 4.98 Å². The number of thiocarbonyl (C=S) groups is 1. The van der Waals surface area contributed by atoms with Gasteiger partial charge in [0.2, 0.25) is 0 Å². The van der Waals surface area contributed by atoms with E-state index in [1.54, 1.807) is 32.1 Å². The fourth-order valence-corrected chi connectivity index (χ4v) is 2.11. The molecule has 0 aliphatic rings. The van der Waals surface area contributed by atoms with Gasteiger partial charge in [-0.15, -0.1) is 0 Å². The predicted molar refractivity (Wildman–Crippen MR) is 76.6 cm³/mol.